The van der Waals surface area contributed by atoms with Crippen LogP contribution in [0.25, 0.3) is 0 Å². The van der Waals surface area contributed by atoms with Crippen molar-refractivity contribution >= 4 is 33.8 Å². The van der Waals surface area contributed by atoms with Gasteiger partial charge in [0.2, 0.25) is 10.0 Å². The number of hydrogen-bond donors (Lipinski definition) is 2. The Hall–Kier alpha value is -2.30. The first-order valence-corrected chi connectivity index (χ1v) is 12.3. The lowest BCUT2D eigenvalue weighted by Crippen LogP contribution is -2.44. The molecule has 2 heterocycles. The number of sulfonamides is 1. The molecule has 1 fully saturated rings. The Morgan fingerprint density at radius 2 is 2.00 bits per heavy atom. The first kappa shape index (κ1) is 21.9. The minimum atomic E-state index is -3.96. The van der Waals surface area contributed by atoms with E-state index in [9.17, 15) is 23.1 Å². The van der Waals surface area contributed by atoms with Crippen LogP contribution in [0.3, 0.4) is 0 Å². The second-order valence-corrected chi connectivity index (χ2v) is 11.0. The second-order valence-electron chi connectivity index (χ2n) is 7.86. The number of carbonyl (C=O) groups excluding carboxylic acids is 1. The molecule has 8 nitrogen and oxygen atoms in total. The number of carboxylic acid groups (broad SMARTS) is 1. The SMILES string of the molecule is COC(=O)N1CC=C(C2CC=C(S(=O)(=O)N[C@@]3(C(=O)O)C[C@@H]3c3ccccc3)S2)CC1. The highest BCUT2D eigenvalue weighted by molar-refractivity contribution is 8.18. The molecule has 2 aliphatic heterocycles. The van der Waals surface area contributed by atoms with E-state index in [0.717, 1.165) is 11.1 Å². The summed E-state index contributed by atoms with van der Waals surface area (Å²) in [6.07, 6.45) is 4.64. The van der Waals surface area contributed by atoms with Crippen LogP contribution in [0.5, 0.6) is 0 Å². The van der Waals surface area contributed by atoms with Crippen molar-refractivity contribution in [1.82, 2.24) is 9.62 Å². The zero-order valence-corrected chi connectivity index (χ0v) is 18.6. The Labute approximate surface area is 185 Å². The first-order chi connectivity index (χ1) is 14.8. The van der Waals surface area contributed by atoms with Gasteiger partial charge < -0.3 is 14.7 Å². The van der Waals surface area contributed by atoms with Gasteiger partial charge in [0.1, 0.15) is 9.78 Å². The van der Waals surface area contributed by atoms with E-state index < -0.39 is 27.4 Å². The summed E-state index contributed by atoms with van der Waals surface area (Å²) in [7, 11) is -2.62. The highest BCUT2D eigenvalue weighted by Gasteiger charge is 2.63. The Morgan fingerprint density at radius 3 is 2.61 bits per heavy atom. The molecular formula is C21H24N2O6S2. The number of allylic oxidation sites excluding steroid dienone is 1. The van der Waals surface area contributed by atoms with Crippen LogP contribution < -0.4 is 4.72 Å². The number of benzene rings is 1. The van der Waals surface area contributed by atoms with E-state index in [1.807, 2.05) is 36.4 Å². The molecule has 3 aliphatic rings. The van der Waals surface area contributed by atoms with Gasteiger partial charge >= 0.3 is 12.1 Å². The molecule has 1 aliphatic carbocycles. The maximum absolute atomic E-state index is 13.0. The standard InChI is InChI=1S/C21H24N2O6S2/c1-29-20(26)23-11-9-15(10-12-23)17-7-8-18(30-17)31(27,28)22-21(19(24)25)13-16(21)14-5-3-2-4-6-14/h2-6,8-9,16-17,22H,7,10-13H2,1H3,(H,24,25)/t16-,17?,21+/m1/s1. The third-order valence-corrected chi connectivity index (χ3v) is 9.43. The molecule has 1 aromatic rings. The summed E-state index contributed by atoms with van der Waals surface area (Å²) in [5.41, 5.74) is 0.388. The van der Waals surface area contributed by atoms with Gasteiger partial charge in [-0.25, -0.2) is 13.2 Å². The number of hydrogen-bond acceptors (Lipinski definition) is 6. The van der Waals surface area contributed by atoms with Crippen molar-refractivity contribution in [2.45, 2.75) is 36.0 Å². The molecule has 0 aromatic heterocycles. The van der Waals surface area contributed by atoms with E-state index >= 15 is 0 Å². The van der Waals surface area contributed by atoms with Gasteiger partial charge in [0.15, 0.2) is 0 Å². The van der Waals surface area contributed by atoms with Crippen molar-refractivity contribution in [3.05, 3.63) is 57.9 Å². The van der Waals surface area contributed by atoms with Crippen molar-refractivity contribution in [1.29, 1.82) is 0 Å². The summed E-state index contributed by atoms with van der Waals surface area (Å²) in [6, 6.07) is 9.09. The number of carboxylic acids is 1. The lowest BCUT2D eigenvalue weighted by atomic mass is 10.0. The summed E-state index contributed by atoms with van der Waals surface area (Å²) < 4.78 is 33.4. The number of rotatable bonds is 6. The van der Waals surface area contributed by atoms with Crippen LogP contribution >= 0.6 is 11.8 Å². The molecule has 3 atom stereocenters. The predicted molar refractivity (Wildman–Crippen MR) is 117 cm³/mol. The molecule has 0 spiro atoms. The Kier molecular flexibility index (Phi) is 5.89. The van der Waals surface area contributed by atoms with E-state index in [4.69, 9.17) is 4.74 Å². The number of ether oxygens (including phenoxy) is 1. The molecule has 1 amide bonds. The molecule has 0 radical (unpaired) electrons. The maximum atomic E-state index is 13.0. The molecule has 4 rings (SSSR count). The highest BCUT2D eigenvalue weighted by atomic mass is 32.3. The third-order valence-electron chi connectivity index (χ3n) is 5.97. The van der Waals surface area contributed by atoms with Crippen molar-refractivity contribution in [3.63, 3.8) is 0 Å². The van der Waals surface area contributed by atoms with Crippen LogP contribution in [-0.2, 0) is 19.6 Å². The van der Waals surface area contributed by atoms with Gasteiger partial charge in [-0.2, -0.15) is 4.72 Å². The Morgan fingerprint density at radius 1 is 1.26 bits per heavy atom. The average Bonchev–Trinajstić information content (AvgIpc) is 3.27. The molecule has 166 valence electrons. The number of carbonyl (C=O) groups is 2. The van der Waals surface area contributed by atoms with Gasteiger partial charge in [-0.05, 0) is 24.8 Å². The van der Waals surface area contributed by atoms with Gasteiger partial charge in [-0.3, -0.25) is 4.79 Å². The topological polar surface area (TPSA) is 113 Å². The van der Waals surface area contributed by atoms with Gasteiger partial charge in [0, 0.05) is 24.3 Å². The Balaban J connectivity index is 1.43. The van der Waals surface area contributed by atoms with Crippen molar-refractivity contribution in [2.75, 3.05) is 20.2 Å². The fraction of sp³-hybridized carbons (Fsp3) is 0.429. The summed E-state index contributed by atoms with van der Waals surface area (Å²) in [5.74, 6) is -1.56. The highest BCUT2D eigenvalue weighted by Crippen LogP contribution is 2.53. The smallest absolute Gasteiger partial charge is 0.409 e. The van der Waals surface area contributed by atoms with E-state index in [-0.39, 0.29) is 22.0 Å². The van der Waals surface area contributed by atoms with E-state index in [1.165, 1.54) is 18.9 Å². The quantitative estimate of drug-likeness (QED) is 0.622. The van der Waals surface area contributed by atoms with Crippen LogP contribution in [0.2, 0.25) is 0 Å². The van der Waals surface area contributed by atoms with Crippen LogP contribution in [0.1, 0.15) is 30.7 Å². The molecule has 1 saturated carbocycles. The normalized spacial score (nSPS) is 28.0. The lowest BCUT2D eigenvalue weighted by Gasteiger charge is -2.27. The van der Waals surface area contributed by atoms with E-state index in [0.29, 0.717) is 25.9 Å². The zero-order valence-electron chi connectivity index (χ0n) is 17.0. The van der Waals surface area contributed by atoms with Crippen molar-refractivity contribution in [3.8, 4) is 0 Å². The largest absolute Gasteiger partial charge is 0.480 e. The maximum Gasteiger partial charge on any atom is 0.409 e. The van der Waals surface area contributed by atoms with Gasteiger partial charge in [0.05, 0.1) is 7.11 Å². The molecule has 1 unspecified atom stereocenters. The number of nitrogens with zero attached hydrogens (tertiary/aromatic N) is 1. The molecule has 2 N–H and O–H groups in total. The van der Waals surface area contributed by atoms with Crippen molar-refractivity contribution in [2.24, 2.45) is 0 Å². The molecule has 10 heteroatoms. The predicted octanol–water partition coefficient (Wildman–Crippen LogP) is 2.66. The molecule has 0 saturated heterocycles. The number of aliphatic carboxylic acids is 1. The Bertz CT molecular complexity index is 1050. The third kappa shape index (κ3) is 4.24. The van der Waals surface area contributed by atoms with Crippen molar-refractivity contribution < 1.29 is 27.9 Å². The molecule has 31 heavy (non-hydrogen) atoms. The summed E-state index contributed by atoms with van der Waals surface area (Å²) in [5, 5.41) is 9.75. The zero-order chi connectivity index (χ0) is 22.2. The summed E-state index contributed by atoms with van der Waals surface area (Å²) in [4.78, 5) is 25.2. The molecule has 0 bridgehead atoms. The van der Waals surface area contributed by atoms with Crippen LogP contribution in [0, 0.1) is 0 Å². The van der Waals surface area contributed by atoms with E-state index in [1.54, 1.807) is 11.0 Å². The van der Waals surface area contributed by atoms with E-state index in [2.05, 4.69) is 4.72 Å². The molecule has 1 aromatic carbocycles. The lowest BCUT2D eigenvalue weighted by molar-refractivity contribution is -0.140. The summed E-state index contributed by atoms with van der Waals surface area (Å²) in [6.45, 7) is 0.955. The molecular weight excluding hydrogens is 440 g/mol. The number of methoxy groups -OCH3 is 1. The number of thioether (sulfide) groups is 1. The monoisotopic (exact) mass is 464 g/mol. The first-order valence-electron chi connectivity index (χ1n) is 9.98. The summed E-state index contributed by atoms with van der Waals surface area (Å²) >= 11 is 1.23. The van der Waals surface area contributed by atoms with Crippen LogP contribution in [0.4, 0.5) is 4.79 Å². The fourth-order valence-corrected chi connectivity index (χ4v) is 7.37. The fourth-order valence-electron chi connectivity index (χ4n) is 4.15. The minimum absolute atomic E-state index is 0.0312. The minimum Gasteiger partial charge on any atom is -0.480 e. The van der Waals surface area contributed by atoms with Crippen LogP contribution in [-0.4, -0.2) is 61.5 Å². The number of amides is 1. The van der Waals surface area contributed by atoms with Gasteiger partial charge in [-0.15, -0.1) is 11.8 Å². The average molecular weight is 465 g/mol. The van der Waals surface area contributed by atoms with Crippen LogP contribution in [0.15, 0.2) is 52.3 Å². The van der Waals surface area contributed by atoms with Gasteiger partial charge in [-0.1, -0.05) is 48.1 Å². The van der Waals surface area contributed by atoms with Gasteiger partial charge in [0.25, 0.3) is 0 Å². The second kappa shape index (κ2) is 8.33. The number of nitrogens with one attached hydrogen (secondary N) is 1.